The molecule has 0 bridgehead atoms. The summed E-state index contributed by atoms with van der Waals surface area (Å²) in [5, 5.41) is 0.950. The van der Waals surface area contributed by atoms with Gasteiger partial charge in [0.25, 0.3) is 5.91 Å². The molecule has 2 fully saturated rings. The van der Waals surface area contributed by atoms with E-state index in [0.717, 1.165) is 73.4 Å². The summed E-state index contributed by atoms with van der Waals surface area (Å²) in [6, 6.07) is 7.17. The Bertz CT molecular complexity index is 829. The van der Waals surface area contributed by atoms with Gasteiger partial charge in [-0.1, -0.05) is 0 Å². The zero-order valence-electron chi connectivity index (χ0n) is 16.5. The third-order valence-electron chi connectivity index (χ3n) is 5.80. The standard InChI is InChI=1S/C21H27FN4OS/c1-15-20(28-16(2)23-15)21(27)26-9-3-4-19(14-26)25-12-10-24(11-13-25)18-7-5-17(22)6-8-18/h5-8,19H,3-4,9-14H2,1-2H3/t19-/m1/s1. The molecule has 3 heterocycles. The van der Waals surface area contributed by atoms with Crippen molar-refractivity contribution in [2.75, 3.05) is 44.2 Å². The Morgan fingerprint density at radius 2 is 1.82 bits per heavy atom. The monoisotopic (exact) mass is 402 g/mol. The Labute approximate surface area is 169 Å². The average Bonchev–Trinajstić information content (AvgIpc) is 3.06. The second-order valence-electron chi connectivity index (χ2n) is 7.69. The first-order valence-electron chi connectivity index (χ1n) is 9.99. The highest BCUT2D eigenvalue weighted by molar-refractivity contribution is 7.13. The minimum Gasteiger partial charge on any atom is -0.369 e. The zero-order chi connectivity index (χ0) is 19.7. The van der Waals surface area contributed by atoms with Crippen molar-refractivity contribution in [3.8, 4) is 0 Å². The summed E-state index contributed by atoms with van der Waals surface area (Å²) in [5.74, 6) is -0.0570. The minimum atomic E-state index is -0.194. The molecule has 5 nitrogen and oxygen atoms in total. The molecule has 1 atom stereocenters. The first-order chi connectivity index (χ1) is 13.5. The van der Waals surface area contributed by atoms with Gasteiger partial charge in [0.15, 0.2) is 0 Å². The van der Waals surface area contributed by atoms with Crippen LogP contribution >= 0.6 is 11.3 Å². The quantitative estimate of drug-likeness (QED) is 0.790. The van der Waals surface area contributed by atoms with Crippen LogP contribution in [0, 0.1) is 19.7 Å². The fourth-order valence-electron chi connectivity index (χ4n) is 4.31. The van der Waals surface area contributed by atoms with Gasteiger partial charge in [-0.15, -0.1) is 11.3 Å². The lowest BCUT2D eigenvalue weighted by atomic mass is 10.0. The number of carbonyl (C=O) groups is 1. The summed E-state index contributed by atoms with van der Waals surface area (Å²) < 4.78 is 13.1. The molecule has 1 aromatic heterocycles. The normalized spacial score (nSPS) is 21.2. The number of piperazine rings is 1. The fourth-order valence-corrected chi connectivity index (χ4v) is 5.20. The smallest absolute Gasteiger partial charge is 0.265 e. The van der Waals surface area contributed by atoms with E-state index in [1.807, 2.05) is 30.9 Å². The third kappa shape index (κ3) is 4.05. The lowest BCUT2D eigenvalue weighted by Crippen LogP contribution is -2.55. The molecule has 1 aromatic carbocycles. The highest BCUT2D eigenvalue weighted by atomic mass is 32.1. The van der Waals surface area contributed by atoms with E-state index in [9.17, 15) is 9.18 Å². The first-order valence-corrected chi connectivity index (χ1v) is 10.8. The van der Waals surface area contributed by atoms with Crippen molar-refractivity contribution in [1.29, 1.82) is 0 Å². The minimum absolute atomic E-state index is 0.137. The number of aromatic nitrogens is 1. The molecule has 0 spiro atoms. The Balaban J connectivity index is 1.36. The van der Waals surface area contributed by atoms with Crippen molar-refractivity contribution in [3.63, 3.8) is 0 Å². The van der Waals surface area contributed by atoms with Crippen LogP contribution in [0.4, 0.5) is 10.1 Å². The Morgan fingerprint density at radius 3 is 2.46 bits per heavy atom. The topological polar surface area (TPSA) is 39.7 Å². The van der Waals surface area contributed by atoms with Crippen LogP contribution in [-0.4, -0.2) is 66.0 Å². The molecule has 2 saturated heterocycles. The van der Waals surface area contributed by atoms with Crippen LogP contribution in [0.3, 0.4) is 0 Å². The lowest BCUT2D eigenvalue weighted by molar-refractivity contribution is 0.0567. The van der Waals surface area contributed by atoms with E-state index in [0.29, 0.717) is 6.04 Å². The molecule has 0 N–H and O–H groups in total. The highest BCUT2D eigenvalue weighted by Crippen LogP contribution is 2.24. The van der Waals surface area contributed by atoms with Gasteiger partial charge in [0.1, 0.15) is 10.7 Å². The Kier molecular flexibility index (Phi) is 5.64. The van der Waals surface area contributed by atoms with Gasteiger partial charge in [-0.3, -0.25) is 9.69 Å². The molecule has 2 aliphatic rings. The Hall–Kier alpha value is -1.99. The number of rotatable bonds is 3. The van der Waals surface area contributed by atoms with Crippen molar-refractivity contribution < 1.29 is 9.18 Å². The van der Waals surface area contributed by atoms with E-state index in [4.69, 9.17) is 0 Å². The van der Waals surface area contributed by atoms with Crippen LogP contribution in [0.1, 0.15) is 33.2 Å². The summed E-state index contributed by atoms with van der Waals surface area (Å²) in [4.78, 5) is 25.0. The largest absolute Gasteiger partial charge is 0.369 e. The molecule has 2 aromatic rings. The second kappa shape index (κ2) is 8.17. The van der Waals surface area contributed by atoms with Crippen LogP contribution < -0.4 is 4.90 Å². The number of thiazole rings is 1. The van der Waals surface area contributed by atoms with Crippen LogP contribution in [0.5, 0.6) is 0 Å². The first kappa shape index (κ1) is 19.3. The number of nitrogens with zero attached hydrogens (tertiary/aromatic N) is 4. The molecular weight excluding hydrogens is 375 g/mol. The van der Waals surface area contributed by atoms with E-state index in [1.54, 1.807) is 0 Å². The number of benzene rings is 1. The van der Waals surface area contributed by atoms with Gasteiger partial charge in [0, 0.05) is 51.0 Å². The van der Waals surface area contributed by atoms with Crippen LogP contribution in [0.25, 0.3) is 0 Å². The maximum absolute atomic E-state index is 13.1. The number of piperidine rings is 1. The van der Waals surface area contributed by atoms with Crippen LogP contribution in [0.2, 0.25) is 0 Å². The Morgan fingerprint density at radius 1 is 1.11 bits per heavy atom. The molecule has 1 amide bonds. The van der Waals surface area contributed by atoms with E-state index in [-0.39, 0.29) is 11.7 Å². The summed E-state index contributed by atoms with van der Waals surface area (Å²) in [5.41, 5.74) is 1.93. The molecule has 0 radical (unpaired) electrons. The number of hydrogen-bond acceptors (Lipinski definition) is 5. The molecule has 0 saturated carbocycles. The molecule has 0 aliphatic carbocycles. The van der Waals surface area contributed by atoms with Gasteiger partial charge >= 0.3 is 0 Å². The van der Waals surface area contributed by atoms with Gasteiger partial charge in [-0.2, -0.15) is 0 Å². The molecule has 28 heavy (non-hydrogen) atoms. The third-order valence-corrected chi connectivity index (χ3v) is 6.86. The predicted octanol–water partition coefficient (Wildman–Crippen LogP) is 3.33. The van der Waals surface area contributed by atoms with Crippen molar-refractivity contribution >= 4 is 22.9 Å². The molecule has 7 heteroatoms. The van der Waals surface area contributed by atoms with E-state index in [1.165, 1.54) is 23.5 Å². The average molecular weight is 403 g/mol. The van der Waals surface area contributed by atoms with Gasteiger partial charge in [-0.25, -0.2) is 9.37 Å². The van der Waals surface area contributed by atoms with Crippen LogP contribution in [-0.2, 0) is 0 Å². The number of aryl methyl sites for hydroxylation is 2. The maximum Gasteiger partial charge on any atom is 0.265 e. The highest BCUT2D eigenvalue weighted by Gasteiger charge is 2.31. The van der Waals surface area contributed by atoms with Crippen molar-refractivity contribution in [2.24, 2.45) is 0 Å². The number of halogens is 1. The molecule has 0 unspecified atom stereocenters. The number of anilines is 1. The molecular formula is C21H27FN4OS. The van der Waals surface area contributed by atoms with E-state index < -0.39 is 0 Å². The number of carbonyl (C=O) groups excluding carboxylic acids is 1. The maximum atomic E-state index is 13.1. The summed E-state index contributed by atoms with van der Waals surface area (Å²) in [6.45, 7) is 9.33. The molecule has 4 rings (SSSR count). The number of likely N-dealkylation sites (tertiary alicyclic amines) is 1. The van der Waals surface area contributed by atoms with E-state index >= 15 is 0 Å². The summed E-state index contributed by atoms with van der Waals surface area (Å²) in [7, 11) is 0. The number of amides is 1. The van der Waals surface area contributed by atoms with Gasteiger partial charge in [-0.05, 0) is 51.0 Å². The van der Waals surface area contributed by atoms with Gasteiger partial charge in [0.2, 0.25) is 0 Å². The predicted molar refractivity (Wildman–Crippen MR) is 111 cm³/mol. The SMILES string of the molecule is Cc1nc(C)c(C(=O)N2CCC[C@@H](N3CCN(c4ccc(F)cc4)CC3)C2)s1. The van der Waals surface area contributed by atoms with E-state index in [2.05, 4.69) is 14.8 Å². The fraction of sp³-hybridized carbons (Fsp3) is 0.524. The van der Waals surface area contributed by atoms with Crippen molar-refractivity contribution in [3.05, 3.63) is 45.7 Å². The van der Waals surface area contributed by atoms with Crippen LogP contribution in [0.15, 0.2) is 24.3 Å². The summed E-state index contributed by atoms with van der Waals surface area (Å²) >= 11 is 1.50. The van der Waals surface area contributed by atoms with Gasteiger partial charge < -0.3 is 9.80 Å². The molecule has 2 aliphatic heterocycles. The lowest BCUT2D eigenvalue weighted by Gasteiger charge is -2.43. The zero-order valence-corrected chi connectivity index (χ0v) is 17.3. The van der Waals surface area contributed by atoms with Gasteiger partial charge in [0.05, 0.1) is 10.7 Å². The summed E-state index contributed by atoms with van der Waals surface area (Å²) in [6.07, 6.45) is 2.19. The van der Waals surface area contributed by atoms with Crippen molar-refractivity contribution in [1.82, 2.24) is 14.8 Å². The second-order valence-corrected chi connectivity index (χ2v) is 8.90. The molecule has 150 valence electrons. The number of hydrogen-bond donors (Lipinski definition) is 0. The van der Waals surface area contributed by atoms with Crippen molar-refractivity contribution in [2.45, 2.75) is 32.7 Å².